The van der Waals surface area contributed by atoms with Crippen molar-refractivity contribution in [3.8, 4) is 11.5 Å². The van der Waals surface area contributed by atoms with E-state index in [1.54, 1.807) is 30.3 Å². The molecule has 0 atom stereocenters. The Morgan fingerprint density at radius 3 is 2.02 bits per heavy atom. The normalized spacial score (nSPS) is 11.7. The number of anilines is 2. The van der Waals surface area contributed by atoms with Crippen molar-refractivity contribution in [1.82, 2.24) is 0 Å². The zero-order chi connectivity index (χ0) is 30.2. The first-order valence-electron chi connectivity index (χ1n) is 11.8. The van der Waals surface area contributed by atoms with Gasteiger partial charge in [-0.2, -0.15) is 22.0 Å². The van der Waals surface area contributed by atoms with Gasteiger partial charge in [-0.25, -0.2) is 9.59 Å². The van der Waals surface area contributed by atoms with Gasteiger partial charge in [0.05, 0.1) is 12.0 Å². The molecule has 0 heterocycles. The van der Waals surface area contributed by atoms with Gasteiger partial charge in [0.15, 0.2) is 0 Å². The number of halogens is 5. The van der Waals surface area contributed by atoms with Crippen molar-refractivity contribution in [2.75, 3.05) is 11.5 Å². The minimum Gasteiger partial charge on any atom is -0.458 e. The van der Waals surface area contributed by atoms with Crippen molar-refractivity contribution in [3.63, 3.8) is 0 Å². The van der Waals surface area contributed by atoms with Crippen LogP contribution >= 0.6 is 0 Å². The molecule has 3 aromatic carbocycles. The van der Waals surface area contributed by atoms with Crippen LogP contribution in [0.3, 0.4) is 0 Å². The summed E-state index contributed by atoms with van der Waals surface area (Å²) in [6, 6.07) is 15.7. The lowest BCUT2D eigenvalue weighted by molar-refractivity contribution is -0.284. The smallest absolute Gasteiger partial charge is 0.453 e. The molecule has 0 amide bonds. The summed E-state index contributed by atoms with van der Waals surface area (Å²) < 4.78 is 77.6. The number of ether oxygens (including phenoxy) is 3. The van der Waals surface area contributed by atoms with Crippen molar-refractivity contribution in [3.05, 3.63) is 89.5 Å². The van der Waals surface area contributed by atoms with Crippen molar-refractivity contribution < 1.29 is 50.5 Å². The lowest BCUT2D eigenvalue weighted by Crippen LogP contribution is -2.37. The molecule has 0 radical (unpaired) electrons. The Kier molecular flexibility index (Phi) is 9.66. The van der Waals surface area contributed by atoms with E-state index in [1.807, 2.05) is 0 Å². The van der Waals surface area contributed by atoms with E-state index >= 15 is 0 Å². The van der Waals surface area contributed by atoms with Gasteiger partial charge in [-0.1, -0.05) is 18.2 Å². The molecule has 3 rings (SSSR count). The van der Waals surface area contributed by atoms with Crippen LogP contribution in [0.25, 0.3) is 6.08 Å². The van der Waals surface area contributed by atoms with E-state index in [1.165, 1.54) is 36.4 Å². The van der Waals surface area contributed by atoms with Crippen LogP contribution in [0.15, 0.2) is 72.8 Å². The quantitative estimate of drug-likeness (QED) is 0.103. The standard InChI is InChI=1S/C28H23F5N2O6/c29-27(30,28(31,32)33)14-13-25(37)40-21-10-5-18(6-11-21)26(38)41-22-8-1-17(2-9-22)3-12-24(36)39-16-19-4-7-20(34)15-23(19)35/h1-12,15H,13-14,16,34-35H2/b12-3+. The lowest BCUT2D eigenvalue weighted by Gasteiger charge is -2.18. The lowest BCUT2D eigenvalue weighted by atomic mass is 10.2. The molecule has 0 aliphatic heterocycles. The van der Waals surface area contributed by atoms with Crippen LogP contribution in [-0.2, 0) is 20.9 Å². The Bertz CT molecular complexity index is 1420. The molecular formula is C28H23F5N2O6. The summed E-state index contributed by atoms with van der Waals surface area (Å²) >= 11 is 0. The monoisotopic (exact) mass is 578 g/mol. The number of esters is 3. The highest BCUT2D eigenvalue weighted by molar-refractivity contribution is 5.91. The molecule has 0 unspecified atom stereocenters. The summed E-state index contributed by atoms with van der Waals surface area (Å²) in [6.07, 6.45) is -5.98. The predicted octanol–water partition coefficient (Wildman–Crippen LogP) is 5.71. The highest BCUT2D eigenvalue weighted by Crippen LogP contribution is 2.38. The van der Waals surface area contributed by atoms with E-state index < -0.39 is 42.8 Å². The van der Waals surface area contributed by atoms with E-state index in [-0.39, 0.29) is 23.7 Å². The maximum Gasteiger partial charge on any atom is 0.453 e. The molecule has 0 aromatic heterocycles. The third-order valence-electron chi connectivity index (χ3n) is 5.42. The number of nitrogen functional groups attached to an aromatic ring is 2. The zero-order valence-electron chi connectivity index (χ0n) is 21.1. The van der Waals surface area contributed by atoms with Gasteiger partial charge in [0.2, 0.25) is 0 Å². The molecule has 0 bridgehead atoms. The number of benzene rings is 3. The first kappa shape index (κ1) is 30.6. The van der Waals surface area contributed by atoms with Crippen LogP contribution in [0.1, 0.15) is 34.3 Å². The van der Waals surface area contributed by atoms with Crippen LogP contribution in [0, 0.1) is 0 Å². The van der Waals surface area contributed by atoms with Gasteiger partial charge in [-0.15, -0.1) is 0 Å². The summed E-state index contributed by atoms with van der Waals surface area (Å²) in [6.45, 7) is -0.0333. The summed E-state index contributed by atoms with van der Waals surface area (Å²) in [4.78, 5) is 36.0. The van der Waals surface area contributed by atoms with Crippen molar-refractivity contribution in [2.24, 2.45) is 0 Å². The maximum absolute atomic E-state index is 12.9. The predicted molar refractivity (Wildman–Crippen MR) is 138 cm³/mol. The Morgan fingerprint density at radius 2 is 1.41 bits per heavy atom. The summed E-state index contributed by atoms with van der Waals surface area (Å²) in [5, 5.41) is 0. The Labute approximate surface area is 230 Å². The fourth-order valence-electron chi connectivity index (χ4n) is 3.16. The van der Waals surface area contributed by atoms with E-state index in [2.05, 4.69) is 0 Å². The molecule has 0 saturated heterocycles. The fraction of sp³-hybridized carbons (Fsp3) is 0.179. The van der Waals surface area contributed by atoms with Crippen LogP contribution in [0.2, 0.25) is 0 Å². The highest BCUT2D eigenvalue weighted by Gasteiger charge is 2.57. The number of nitrogens with two attached hydrogens (primary N) is 2. The van der Waals surface area contributed by atoms with Crippen molar-refractivity contribution in [1.29, 1.82) is 0 Å². The SMILES string of the molecule is Nc1ccc(COC(=O)/C=C/c2ccc(OC(=O)c3ccc(OC(=O)CCC(F)(F)C(F)(F)F)cc3)cc2)c(N)c1. The fourth-order valence-corrected chi connectivity index (χ4v) is 3.16. The van der Waals surface area contributed by atoms with Gasteiger partial charge in [0.1, 0.15) is 18.1 Å². The van der Waals surface area contributed by atoms with Gasteiger partial charge in [-0.3, -0.25) is 4.79 Å². The summed E-state index contributed by atoms with van der Waals surface area (Å²) in [5.41, 5.74) is 13.6. The summed E-state index contributed by atoms with van der Waals surface area (Å²) in [7, 11) is 0. The van der Waals surface area contributed by atoms with Gasteiger partial charge >= 0.3 is 30.0 Å². The molecule has 0 spiro atoms. The van der Waals surface area contributed by atoms with Gasteiger partial charge in [0, 0.05) is 29.4 Å². The number of rotatable bonds is 10. The third kappa shape index (κ3) is 9.05. The van der Waals surface area contributed by atoms with Crippen LogP contribution in [0.4, 0.5) is 33.3 Å². The average molecular weight is 578 g/mol. The van der Waals surface area contributed by atoms with Crippen LogP contribution < -0.4 is 20.9 Å². The second kappa shape index (κ2) is 12.9. The molecule has 8 nitrogen and oxygen atoms in total. The number of carbonyl (C=O) groups is 3. The first-order valence-corrected chi connectivity index (χ1v) is 11.8. The molecule has 216 valence electrons. The number of alkyl halides is 5. The van der Waals surface area contributed by atoms with E-state index in [9.17, 15) is 36.3 Å². The van der Waals surface area contributed by atoms with Gasteiger partial charge in [-0.05, 0) is 60.2 Å². The molecule has 3 aromatic rings. The van der Waals surface area contributed by atoms with E-state index in [0.717, 1.165) is 12.1 Å². The first-order chi connectivity index (χ1) is 19.2. The number of hydrogen-bond acceptors (Lipinski definition) is 8. The molecule has 13 heteroatoms. The Morgan fingerprint density at radius 1 is 0.805 bits per heavy atom. The maximum atomic E-state index is 12.9. The second-order valence-electron chi connectivity index (χ2n) is 8.56. The molecular weight excluding hydrogens is 555 g/mol. The largest absolute Gasteiger partial charge is 0.458 e. The molecule has 41 heavy (non-hydrogen) atoms. The van der Waals surface area contributed by atoms with Gasteiger partial charge < -0.3 is 25.7 Å². The topological polar surface area (TPSA) is 131 Å². The van der Waals surface area contributed by atoms with E-state index in [0.29, 0.717) is 22.5 Å². The molecule has 0 saturated carbocycles. The molecule has 0 aliphatic rings. The second-order valence-corrected chi connectivity index (χ2v) is 8.56. The third-order valence-corrected chi connectivity index (χ3v) is 5.42. The minimum absolute atomic E-state index is 0.0333. The Hall–Kier alpha value is -4.94. The van der Waals surface area contributed by atoms with Crippen LogP contribution in [-0.4, -0.2) is 30.0 Å². The minimum atomic E-state index is -5.77. The van der Waals surface area contributed by atoms with Crippen molar-refractivity contribution >= 4 is 35.4 Å². The summed E-state index contributed by atoms with van der Waals surface area (Å²) in [5.74, 6) is -7.68. The van der Waals surface area contributed by atoms with Crippen LogP contribution in [0.5, 0.6) is 11.5 Å². The zero-order valence-corrected chi connectivity index (χ0v) is 21.1. The molecule has 4 N–H and O–H groups in total. The van der Waals surface area contributed by atoms with E-state index in [4.69, 9.17) is 25.7 Å². The molecule has 0 fully saturated rings. The number of hydrogen-bond donors (Lipinski definition) is 2. The average Bonchev–Trinajstić information content (AvgIpc) is 2.91. The van der Waals surface area contributed by atoms with Gasteiger partial charge in [0.25, 0.3) is 0 Å². The highest BCUT2D eigenvalue weighted by atomic mass is 19.4. The Balaban J connectivity index is 1.47. The van der Waals surface area contributed by atoms with Crippen molar-refractivity contribution in [2.45, 2.75) is 31.5 Å². The molecule has 0 aliphatic carbocycles. The number of carbonyl (C=O) groups excluding carboxylic acids is 3.